The summed E-state index contributed by atoms with van der Waals surface area (Å²) < 4.78 is 5.67. The Morgan fingerprint density at radius 2 is 1.91 bits per heavy atom. The zero-order valence-electron chi connectivity index (χ0n) is 19.5. The van der Waals surface area contributed by atoms with Gasteiger partial charge in [0.15, 0.2) is 4.34 Å². The second-order valence-electron chi connectivity index (χ2n) is 8.16. The predicted octanol–water partition coefficient (Wildman–Crippen LogP) is 5.62. The van der Waals surface area contributed by atoms with E-state index in [1.807, 2.05) is 42.0 Å². The molecule has 0 aliphatic rings. The standard InChI is InChI=1S/C24H29ClN4O3S2/c1-4-17-14-26-22(27-15-17)29(11-5-13-32-20-8-6-18(25)7-9-20)12-10-19-16-33-23(28-19)34-24(2,3)21(30)31/h6-9,14-16H,4-5,10-13H2,1-3H3,(H,30,31). The van der Waals surface area contributed by atoms with Gasteiger partial charge in [0.25, 0.3) is 0 Å². The molecule has 7 nitrogen and oxygen atoms in total. The average molecular weight is 521 g/mol. The number of carboxylic acid groups (broad SMARTS) is 1. The van der Waals surface area contributed by atoms with Gasteiger partial charge in [0, 0.05) is 42.3 Å². The number of aromatic nitrogens is 3. The van der Waals surface area contributed by atoms with E-state index >= 15 is 0 Å². The zero-order valence-corrected chi connectivity index (χ0v) is 21.9. The van der Waals surface area contributed by atoms with Gasteiger partial charge in [0.2, 0.25) is 5.95 Å². The van der Waals surface area contributed by atoms with Crippen molar-refractivity contribution >= 4 is 46.6 Å². The molecule has 0 saturated heterocycles. The minimum Gasteiger partial charge on any atom is -0.494 e. The lowest BCUT2D eigenvalue weighted by atomic mass is 10.2. The lowest BCUT2D eigenvalue weighted by Crippen LogP contribution is -2.30. The van der Waals surface area contributed by atoms with Gasteiger partial charge in [-0.1, -0.05) is 30.3 Å². The third kappa shape index (κ3) is 7.85. The Morgan fingerprint density at radius 3 is 2.56 bits per heavy atom. The van der Waals surface area contributed by atoms with Crippen LogP contribution in [-0.2, 0) is 17.6 Å². The summed E-state index contributed by atoms with van der Waals surface area (Å²) in [6, 6.07) is 7.33. The number of rotatable bonds is 13. The zero-order chi connectivity index (χ0) is 24.6. The molecule has 0 fully saturated rings. The fraction of sp³-hybridized carbons (Fsp3) is 0.417. The van der Waals surface area contributed by atoms with Crippen molar-refractivity contribution in [1.82, 2.24) is 15.0 Å². The minimum atomic E-state index is -0.917. The number of benzene rings is 1. The molecule has 0 aliphatic carbocycles. The number of ether oxygens (including phenoxy) is 1. The van der Waals surface area contributed by atoms with Gasteiger partial charge in [-0.25, -0.2) is 15.0 Å². The largest absolute Gasteiger partial charge is 0.494 e. The Balaban J connectivity index is 1.59. The molecule has 0 bridgehead atoms. The highest BCUT2D eigenvalue weighted by Crippen LogP contribution is 2.34. The summed E-state index contributed by atoms with van der Waals surface area (Å²) in [6.07, 6.45) is 6.13. The monoisotopic (exact) mass is 520 g/mol. The number of thioether (sulfide) groups is 1. The van der Waals surface area contributed by atoms with Crippen LogP contribution in [0, 0.1) is 0 Å². The van der Waals surface area contributed by atoms with Crippen LogP contribution in [0.3, 0.4) is 0 Å². The van der Waals surface area contributed by atoms with E-state index in [0.717, 1.165) is 40.7 Å². The Hall–Kier alpha value is -2.36. The molecule has 34 heavy (non-hydrogen) atoms. The lowest BCUT2D eigenvalue weighted by molar-refractivity contribution is -0.138. The molecule has 0 unspecified atom stereocenters. The first kappa shape index (κ1) is 26.2. The topological polar surface area (TPSA) is 88.4 Å². The maximum absolute atomic E-state index is 11.4. The molecule has 2 heterocycles. The van der Waals surface area contributed by atoms with Crippen LogP contribution in [0.5, 0.6) is 5.75 Å². The average Bonchev–Trinajstić information content (AvgIpc) is 3.26. The van der Waals surface area contributed by atoms with E-state index in [2.05, 4.69) is 26.8 Å². The smallest absolute Gasteiger partial charge is 0.319 e. The summed E-state index contributed by atoms with van der Waals surface area (Å²) in [4.78, 5) is 27.3. The van der Waals surface area contributed by atoms with Gasteiger partial charge in [0.1, 0.15) is 10.5 Å². The Bertz CT molecular complexity index is 1060. The van der Waals surface area contributed by atoms with Gasteiger partial charge in [-0.3, -0.25) is 4.79 Å². The number of thiazole rings is 1. The van der Waals surface area contributed by atoms with Crippen molar-refractivity contribution < 1.29 is 14.6 Å². The molecule has 3 aromatic rings. The molecule has 1 N–H and O–H groups in total. The molecule has 2 aromatic heterocycles. The van der Waals surface area contributed by atoms with Crippen LogP contribution in [0.25, 0.3) is 0 Å². The van der Waals surface area contributed by atoms with Crippen LogP contribution in [0.2, 0.25) is 5.02 Å². The van der Waals surface area contributed by atoms with E-state index in [4.69, 9.17) is 16.3 Å². The molecule has 0 aliphatic heterocycles. The van der Waals surface area contributed by atoms with Gasteiger partial charge in [0.05, 0.1) is 12.3 Å². The van der Waals surface area contributed by atoms with Crippen molar-refractivity contribution in [3.05, 3.63) is 58.3 Å². The lowest BCUT2D eigenvalue weighted by Gasteiger charge is -2.22. The second kappa shape index (κ2) is 12.4. The number of anilines is 1. The van der Waals surface area contributed by atoms with E-state index < -0.39 is 10.7 Å². The highest BCUT2D eigenvalue weighted by Gasteiger charge is 2.29. The number of aryl methyl sites for hydroxylation is 1. The van der Waals surface area contributed by atoms with Gasteiger partial charge in [-0.2, -0.15) is 0 Å². The van der Waals surface area contributed by atoms with Crippen LogP contribution in [0.15, 0.2) is 46.4 Å². The first-order chi connectivity index (χ1) is 16.3. The summed E-state index contributed by atoms with van der Waals surface area (Å²) in [5.74, 6) is 0.616. The van der Waals surface area contributed by atoms with Crippen molar-refractivity contribution in [2.75, 3.05) is 24.6 Å². The van der Waals surface area contributed by atoms with Crippen molar-refractivity contribution in [1.29, 1.82) is 0 Å². The van der Waals surface area contributed by atoms with Crippen molar-refractivity contribution in [3.63, 3.8) is 0 Å². The molecular formula is C24H29ClN4O3S2. The van der Waals surface area contributed by atoms with Crippen molar-refractivity contribution in [2.45, 2.75) is 49.1 Å². The number of hydrogen-bond donors (Lipinski definition) is 1. The summed E-state index contributed by atoms with van der Waals surface area (Å²) in [5.41, 5.74) is 2.03. The van der Waals surface area contributed by atoms with Crippen LogP contribution in [0.1, 0.15) is 38.4 Å². The predicted molar refractivity (Wildman–Crippen MR) is 139 cm³/mol. The number of hydrogen-bond acceptors (Lipinski definition) is 8. The molecule has 3 rings (SSSR count). The van der Waals surface area contributed by atoms with E-state index in [1.165, 1.54) is 23.1 Å². The number of aliphatic carboxylic acids is 1. The molecule has 10 heteroatoms. The maximum Gasteiger partial charge on any atom is 0.319 e. The third-order valence-electron chi connectivity index (χ3n) is 5.06. The van der Waals surface area contributed by atoms with E-state index in [9.17, 15) is 9.90 Å². The van der Waals surface area contributed by atoms with Crippen LogP contribution < -0.4 is 9.64 Å². The molecular weight excluding hydrogens is 492 g/mol. The molecule has 0 amide bonds. The summed E-state index contributed by atoms with van der Waals surface area (Å²) >= 11 is 8.67. The molecule has 182 valence electrons. The Morgan fingerprint density at radius 1 is 1.21 bits per heavy atom. The SMILES string of the molecule is CCc1cnc(N(CCCOc2ccc(Cl)cc2)CCc2csc(SC(C)(C)C(=O)O)n2)nc1. The number of halogens is 1. The summed E-state index contributed by atoms with van der Waals surface area (Å²) in [7, 11) is 0. The quantitative estimate of drug-likeness (QED) is 0.229. The normalized spacial score (nSPS) is 11.4. The van der Waals surface area contributed by atoms with Crippen LogP contribution >= 0.6 is 34.7 Å². The number of carbonyl (C=O) groups is 1. The minimum absolute atomic E-state index is 0.562. The molecule has 1 aromatic carbocycles. The van der Waals surface area contributed by atoms with Gasteiger partial charge in [-0.05, 0) is 56.5 Å². The molecule has 0 spiro atoms. The Labute approximate surface area is 213 Å². The first-order valence-electron chi connectivity index (χ1n) is 11.1. The van der Waals surface area contributed by atoms with Crippen molar-refractivity contribution in [3.8, 4) is 5.75 Å². The van der Waals surface area contributed by atoms with Crippen molar-refractivity contribution in [2.24, 2.45) is 0 Å². The number of carboxylic acids is 1. The molecule has 0 atom stereocenters. The van der Waals surface area contributed by atoms with Gasteiger partial charge in [-0.15, -0.1) is 11.3 Å². The Kier molecular flexibility index (Phi) is 9.55. The van der Waals surface area contributed by atoms with Gasteiger partial charge < -0.3 is 14.7 Å². The fourth-order valence-corrected chi connectivity index (χ4v) is 5.30. The molecule has 0 saturated carbocycles. The molecule has 0 radical (unpaired) electrons. The van der Waals surface area contributed by atoms with Crippen LogP contribution in [0.4, 0.5) is 5.95 Å². The highest BCUT2D eigenvalue weighted by atomic mass is 35.5. The second-order valence-corrected chi connectivity index (χ2v) is 11.3. The first-order valence-corrected chi connectivity index (χ1v) is 13.2. The van der Waals surface area contributed by atoms with E-state index in [1.54, 1.807) is 13.8 Å². The number of nitrogens with zero attached hydrogens (tertiary/aromatic N) is 4. The summed E-state index contributed by atoms with van der Waals surface area (Å²) in [5, 5.41) is 12.0. The van der Waals surface area contributed by atoms with Crippen LogP contribution in [-0.4, -0.2) is 50.5 Å². The third-order valence-corrected chi connectivity index (χ3v) is 7.49. The van der Waals surface area contributed by atoms with E-state index in [0.29, 0.717) is 30.5 Å². The fourth-order valence-electron chi connectivity index (χ4n) is 2.94. The summed E-state index contributed by atoms with van der Waals surface area (Å²) in [6.45, 7) is 7.44. The van der Waals surface area contributed by atoms with Gasteiger partial charge >= 0.3 is 5.97 Å². The van der Waals surface area contributed by atoms with E-state index in [-0.39, 0.29) is 0 Å². The highest BCUT2D eigenvalue weighted by molar-refractivity contribution is 8.03. The maximum atomic E-state index is 11.4.